The second-order valence-electron chi connectivity index (χ2n) is 7.02. The van der Waals surface area contributed by atoms with Gasteiger partial charge in [0.1, 0.15) is 6.61 Å². The lowest BCUT2D eigenvalue weighted by Crippen LogP contribution is -2.45. The van der Waals surface area contributed by atoms with Crippen LogP contribution in [0.1, 0.15) is 30.4 Å². The molecule has 1 fully saturated rings. The number of hydrogen-bond acceptors (Lipinski definition) is 3. The maximum Gasteiger partial charge on any atom is 0.407 e. The van der Waals surface area contributed by atoms with E-state index in [0.717, 1.165) is 50.9 Å². The number of nitrogens with one attached hydrogen (secondary N) is 1. The number of amides is 1. The highest BCUT2D eigenvalue weighted by Crippen LogP contribution is 2.18. The van der Waals surface area contributed by atoms with Gasteiger partial charge in [0, 0.05) is 23.6 Å². The number of ether oxygens (including phenoxy) is 1. The van der Waals surface area contributed by atoms with Crippen molar-refractivity contribution in [2.45, 2.75) is 38.3 Å². The van der Waals surface area contributed by atoms with Crippen LogP contribution in [0, 0.1) is 0 Å². The van der Waals surface area contributed by atoms with E-state index in [1.165, 1.54) is 10.0 Å². The highest BCUT2D eigenvalue weighted by atomic mass is 79.9. The van der Waals surface area contributed by atoms with Gasteiger partial charge in [0.05, 0.1) is 0 Å². The van der Waals surface area contributed by atoms with Crippen LogP contribution in [-0.2, 0) is 17.8 Å². The van der Waals surface area contributed by atoms with Crippen LogP contribution in [0.5, 0.6) is 0 Å². The Hall–Kier alpha value is -1.85. The van der Waals surface area contributed by atoms with E-state index in [0.29, 0.717) is 6.61 Å². The normalized spacial score (nSPS) is 15.4. The predicted octanol–water partition coefficient (Wildman–Crippen LogP) is 4.77. The number of hydrogen-bond donors (Lipinski definition) is 1. The molecular formula is C22H27BrN2O2. The molecule has 1 heterocycles. The number of carbonyl (C=O) groups is 1. The Kier molecular flexibility index (Phi) is 7.72. The Morgan fingerprint density at radius 2 is 1.78 bits per heavy atom. The fourth-order valence-corrected chi connectivity index (χ4v) is 3.91. The monoisotopic (exact) mass is 430 g/mol. The summed E-state index contributed by atoms with van der Waals surface area (Å²) in [7, 11) is 0. The van der Waals surface area contributed by atoms with Crippen molar-refractivity contribution >= 4 is 22.0 Å². The zero-order valence-corrected chi connectivity index (χ0v) is 17.2. The smallest absolute Gasteiger partial charge is 0.407 e. The van der Waals surface area contributed by atoms with E-state index in [1.54, 1.807) is 0 Å². The highest BCUT2D eigenvalue weighted by Gasteiger charge is 2.20. The summed E-state index contributed by atoms with van der Waals surface area (Å²) in [5.41, 5.74) is 2.38. The molecule has 2 aromatic carbocycles. The van der Waals surface area contributed by atoms with Crippen molar-refractivity contribution in [2.24, 2.45) is 0 Å². The van der Waals surface area contributed by atoms with E-state index in [9.17, 15) is 4.79 Å². The molecule has 4 nitrogen and oxygen atoms in total. The third kappa shape index (κ3) is 6.67. The SMILES string of the molecule is O=C(NC1CCN(CCCc2ccccc2Br)CC1)OCc1ccccc1. The standard InChI is InChI=1S/C22H27BrN2O2/c23-21-11-5-4-9-19(21)10-6-14-25-15-12-20(13-16-25)24-22(26)27-17-18-7-2-1-3-8-18/h1-5,7-9,11,20H,6,10,12-17H2,(H,24,26). The Morgan fingerprint density at radius 1 is 1.07 bits per heavy atom. The van der Waals surface area contributed by atoms with Crippen molar-refractivity contribution in [1.29, 1.82) is 0 Å². The lowest BCUT2D eigenvalue weighted by atomic mass is 10.0. The van der Waals surface area contributed by atoms with Gasteiger partial charge in [0.25, 0.3) is 0 Å². The summed E-state index contributed by atoms with van der Waals surface area (Å²) in [6.07, 6.45) is 3.89. The fraction of sp³-hybridized carbons (Fsp3) is 0.409. The number of halogens is 1. The number of nitrogens with zero attached hydrogens (tertiary/aromatic N) is 1. The zero-order chi connectivity index (χ0) is 18.9. The summed E-state index contributed by atoms with van der Waals surface area (Å²) in [4.78, 5) is 14.5. The number of benzene rings is 2. The van der Waals surface area contributed by atoms with Crippen LogP contribution in [0.3, 0.4) is 0 Å². The van der Waals surface area contributed by atoms with Gasteiger partial charge in [0.2, 0.25) is 0 Å². The van der Waals surface area contributed by atoms with Crippen molar-refractivity contribution in [3.63, 3.8) is 0 Å². The van der Waals surface area contributed by atoms with Gasteiger partial charge in [-0.05, 0) is 49.4 Å². The number of piperidine rings is 1. The minimum atomic E-state index is -0.314. The Morgan fingerprint density at radius 3 is 2.52 bits per heavy atom. The van der Waals surface area contributed by atoms with Gasteiger partial charge < -0.3 is 15.0 Å². The van der Waals surface area contributed by atoms with Gasteiger partial charge in [0.15, 0.2) is 0 Å². The van der Waals surface area contributed by atoms with Crippen LogP contribution in [0.2, 0.25) is 0 Å². The van der Waals surface area contributed by atoms with Gasteiger partial charge in [-0.15, -0.1) is 0 Å². The first-order chi connectivity index (χ1) is 13.2. The first-order valence-electron chi connectivity index (χ1n) is 9.63. The molecule has 5 heteroatoms. The molecule has 0 aliphatic carbocycles. The van der Waals surface area contributed by atoms with E-state index in [-0.39, 0.29) is 12.1 Å². The maximum absolute atomic E-state index is 12.0. The summed E-state index contributed by atoms with van der Waals surface area (Å²) >= 11 is 3.62. The lowest BCUT2D eigenvalue weighted by Gasteiger charge is -2.32. The van der Waals surface area contributed by atoms with Crippen LogP contribution >= 0.6 is 15.9 Å². The van der Waals surface area contributed by atoms with E-state index in [2.05, 4.69) is 50.4 Å². The van der Waals surface area contributed by atoms with E-state index >= 15 is 0 Å². The minimum Gasteiger partial charge on any atom is -0.445 e. The average molecular weight is 431 g/mol. The number of carbonyl (C=O) groups excluding carboxylic acids is 1. The molecule has 0 saturated carbocycles. The minimum absolute atomic E-state index is 0.216. The largest absolute Gasteiger partial charge is 0.445 e. The number of rotatable bonds is 7. The summed E-state index contributed by atoms with van der Waals surface area (Å²) < 4.78 is 6.51. The number of alkyl carbamates (subject to hydrolysis) is 1. The third-order valence-electron chi connectivity index (χ3n) is 5.00. The highest BCUT2D eigenvalue weighted by molar-refractivity contribution is 9.10. The summed E-state index contributed by atoms with van der Waals surface area (Å²) in [5.74, 6) is 0. The molecule has 3 rings (SSSR count). The molecule has 2 aromatic rings. The first kappa shape index (κ1) is 19.9. The van der Waals surface area contributed by atoms with E-state index in [1.807, 2.05) is 30.3 Å². The summed E-state index contributed by atoms with van der Waals surface area (Å²) in [5, 5.41) is 3.01. The number of likely N-dealkylation sites (tertiary alicyclic amines) is 1. The molecule has 0 radical (unpaired) electrons. The van der Waals surface area contributed by atoms with E-state index in [4.69, 9.17) is 4.74 Å². The molecule has 0 atom stereocenters. The van der Waals surface area contributed by atoms with Crippen LogP contribution in [-0.4, -0.2) is 36.7 Å². The van der Waals surface area contributed by atoms with Gasteiger partial charge in [-0.3, -0.25) is 0 Å². The van der Waals surface area contributed by atoms with Gasteiger partial charge in [-0.1, -0.05) is 64.5 Å². The Labute approximate surface area is 170 Å². The molecule has 1 N–H and O–H groups in total. The fourth-order valence-electron chi connectivity index (χ4n) is 3.43. The topological polar surface area (TPSA) is 41.6 Å². The molecule has 0 aromatic heterocycles. The summed E-state index contributed by atoms with van der Waals surface area (Å²) in [6.45, 7) is 3.48. The molecule has 0 unspecified atom stereocenters. The van der Waals surface area contributed by atoms with Crippen LogP contribution in [0.4, 0.5) is 4.79 Å². The molecule has 0 spiro atoms. The quantitative estimate of drug-likeness (QED) is 0.687. The number of aryl methyl sites for hydroxylation is 1. The molecular weight excluding hydrogens is 404 g/mol. The molecule has 1 amide bonds. The average Bonchev–Trinajstić information content (AvgIpc) is 2.70. The molecule has 144 valence electrons. The van der Waals surface area contributed by atoms with Crippen LogP contribution < -0.4 is 5.32 Å². The second-order valence-corrected chi connectivity index (χ2v) is 7.87. The van der Waals surface area contributed by atoms with Crippen molar-refractivity contribution in [3.8, 4) is 0 Å². The second kappa shape index (κ2) is 10.5. The molecule has 0 bridgehead atoms. The van der Waals surface area contributed by atoms with E-state index < -0.39 is 0 Å². The van der Waals surface area contributed by atoms with Gasteiger partial charge >= 0.3 is 6.09 Å². The van der Waals surface area contributed by atoms with Crippen LogP contribution in [0.15, 0.2) is 59.1 Å². The van der Waals surface area contributed by atoms with Crippen molar-refractivity contribution in [1.82, 2.24) is 10.2 Å². The van der Waals surface area contributed by atoms with Crippen molar-refractivity contribution < 1.29 is 9.53 Å². The molecule has 1 saturated heterocycles. The predicted molar refractivity (Wildman–Crippen MR) is 112 cm³/mol. The molecule has 27 heavy (non-hydrogen) atoms. The maximum atomic E-state index is 12.0. The zero-order valence-electron chi connectivity index (χ0n) is 15.6. The first-order valence-corrected chi connectivity index (χ1v) is 10.4. The van der Waals surface area contributed by atoms with Gasteiger partial charge in [-0.25, -0.2) is 4.79 Å². The Bertz CT molecular complexity index is 715. The third-order valence-corrected chi connectivity index (χ3v) is 5.77. The van der Waals surface area contributed by atoms with Crippen molar-refractivity contribution in [3.05, 3.63) is 70.2 Å². The Balaban J connectivity index is 1.30. The lowest BCUT2D eigenvalue weighted by molar-refractivity contribution is 0.126. The van der Waals surface area contributed by atoms with Gasteiger partial charge in [-0.2, -0.15) is 0 Å². The van der Waals surface area contributed by atoms with Crippen LogP contribution in [0.25, 0.3) is 0 Å². The molecule has 1 aliphatic rings. The summed E-state index contributed by atoms with van der Waals surface area (Å²) in [6, 6.07) is 18.4. The molecule has 1 aliphatic heterocycles. The van der Waals surface area contributed by atoms with Crippen molar-refractivity contribution in [2.75, 3.05) is 19.6 Å².